The molecular formula is C13H17BN2. The SMILES string of the molecule is Bc1[nH]c2ncccc2c1C1CCCCC1. The molecule has 0 unspecified atom stereocenters. The van der Waals surface area contributed by atoms with Gasteiger partial charge in [0.25, 0.3) is 0 Å². The Morgan fingerprint density at radius 2 is 2.06 bits per heavy atom. The molecule has 0 radical (unpaired) electrons. The average Bonchev–Trinajstić information content (AvgIpc) is 2.66. The van der Waals surface area contributed by atoms with Gasteiger partial charge in [0.15, 0.2) is 7.85 Å². The maximum Gasteiger partial charge on any atom is 0.161 e. The van der Waals surface area contributed by atoms with Crippen LogP contribution in [0.3, 0.4) is 0 Å². The van der Waals surface area contributed by atoms with E-state index in [1.54, 1.807) is 0 Å². The van der Waals surface area contributed by atoms with Crippen molar-refractivity contribution in [3.63, 3.8) is 0 Å². The van der Waals surface area contributed by atoms with E-state index in [-0.39, 0.29) is 0 Å². The molecule has 0 amide bonds. The standard InChI is InChI=1S/C13H17BN2/c14-12-11(9-5-2-1-3-6-9)10-7-4-8-15-13(10)16-12/h4,7-9H,1-3,5-6,14H2,(H,15,16). The first kappa shape index (κ1) is 9.94. The van der Waals surface area contributed by atoms with Crippen molar-refractivity contribution in [3.05, 3.63) is 23.9 Å². The highest BCUT2D eigenvalue weighted by Crippen LogP contribution is 2.34. The second kappa shape index (κ2) is 3.97. The van der Waals surface area contributed by atoms with E-state index in [1.807, 2.05) is 12.3 Å². The van der Waals surface area contributed by atoms with E-state index >= 15 is 0 Å². The van der Waals surface area contributed by atoms with Gasteiger partial charge in [-0.3, -0.25) is 0 Å². The fourth-order valence-electron chi connectivity index (χ4n) is 3.09. The number of aromatic nitrogens is 2. The van der Waals surface area contributed by atoms with E-state index in [9.17, 15) is 0 Å². The molecule has 0 saturated heterocycles. The molecule has 1 fully saturated rings. The second-order valence-corrected chi connectivity index (χ2v) is 4.90. The molecule has 0 atom stereocenters. The van der Waals surface area contributed by atoms with Crippen molar-refractivity contribution in [2.45, 2.75) is 38.0 Å². The van der Waals surface area contributed by atoms with Crippen molar-refractivity contribution in [1.29, 1.82) is 0 Å². The van der Waals surface area contributed by atoms with Gasteiger partial charge in [-0.2, -0.15) is 0 Å². The lowest BCUT2D eigenvalue weighted by Gasteiger charge is -2.22. The van der Waals surface area contributed by atoms with Gasteiger partial charge in [-0.05, 0) is 42.0 Å². The molecule has 82 valence electrons. The van der Waals surface area contributed by atoms with Crippen LogP contribution in [0.1, 0.15) is 43.6 Å². The van der Waals surface area contributed by atoms with Gasteiger partial charge >= 0.3 is 0 Å². The van der Waals surface area contributed by atoms with Gasteiger partial charge in [0, 0.05) is 11.6 Å². The quantitative estimate of drug-likeness (QED) is 0.718. The zero-order valence-electron chi connectivity index (χ0n) is 9.79. The monoisotopic (exact) mass is 212 g/mol. The maximum absolute atomic E-state index is 4.40. The van der Waals surface area contributed by atoms with Crippen LogP contribution in [0.2, 0.25) is 0 Å². The van der Waals surface area contributed by atoms with Gasteiger partial charge in [0.2, 0.25) is 0 Å². The van der Waals surface area contributed by atoms with Gasteiger partial charge in [-0.25, -0.2) is 4.98 Å². The van der Waals surface area contributed by atoms with Crippen LogP contribution in [0.15, 0.2) is 18.3 Å². The molecule has 1 saturated carbocycles. The van der Waals surface area contributed by atoms with Crippen LogP contribution in [0, 0.1) is 0 Å². The van der Waals surface area contributed by atoms with Crippen LogP contribution in [0.25, 0.3) is 11.0 Å². The van der Waals surface area contributed by atoms with Gasteiger partial charge in [-0.1, -0.05) is 19.3 Å². The van der Waals surface area contributed by atoms with E-state index in [4.69, 9.17) is 0 Å². The summed E-state index contributed by atoms with van der Waals surface area (Å²) >= 11 is 0. The molecule has 2 heterocycles. The minimum atomic E-state index is 0.756. The number of hydrogen-bond donors (Lipinski definition) is 1. The van der Waals surface area contributed by atoms with Gasteiger partial charge in [-0.15, -0.1) is 0 Å². The average molecular weight is 212 g/mol. The van der Waals surface area contributed by atoms with Crippen molar-refractivity contribution >= 4 is 24.5 Å². The third-order valence-electron chi connectivity index (χ3n) is 3.82. The molecule has 1 aliphatic carbocycles. The summed E-state index contributed by atoms with van der Waals surface area (Å²) in [6.07, 6.45) is 8.75. The molecule has 2 aromatic rings. The molecule has 3 heteroatoms. The zero-order chi connectivity index (χ0) is 11.0. The highest BCUT2D eigenvalue weighted by atomic mass is 14.8. The van der Waals surface area contributed by atoms with E-state index in [1.165, 1.54) is 48.6 Å². The highest BCUT2D eigenvalue weighted by Gasteiger charge is 2.20. The number of hydrogen-bond acceptors (Lipinski definition) is 1. The van der Waals surface area contributed by atoms with Crippen molar-refractivity contribution in [2.75, 3.05) is 0 Å². The molecule has 3 rings (SSSR count). The largest absolute Gasteiger partial charge is 0.352 e. The molecule has 0 bridgehead atoms. The van der Waals surface area contributed by atoms with Gasteiger partial charge in [0.05, 0.1) is 0 Å². The van der Waals surface area contributed by atoms with Crippen LogP contribution in [0.5, 0.6) is 0 Å². The Kier molecular flexibility index (Phi) is 2.46. The number of pyridine rings is 1. The minimum absolute atomic E-state index is 0.756. The Morgan fingerprint density at radius 3 is 2.88 bits per heavy atom. The number of rotatable bonds is 1. The molecule has 0 aliphatic heterocycles. The fourth-order valence-corrected chi connectivity index (χ4v) is 3.09. The van der Waals surface area contributed by atoms with E-state index < -0.39 is 0 Å². The number of aromatic amines is 1. The Balaban J connectivity index is 2.10. The summed E-state index contributed by atoms with van der Waals surface area (Å²) in [7, 11) is 2.19. The Labute approximate surface area is 96.9 Å². The summed E-state index contributed by atoms with van der Waals surface area (Å²) in [4.78, 5) is 7.82. The van der Waals surface area contributed by atoms with E-state index in [0.29, 0.717) is 0 Å². The number of nitrogens with one attached hydrogen (secondary N) is 1. The summed E-state index contributed by atoms with van der Waals surface area (Å²) in [5, 5.41) is 1.34. The number of H-pyrrole nitrogens is 1. The minimum Gasteiger partial charge on any atom is -0.352 e. The van der Waals surface area contributed by atoms with E-state index in [2.05, 4.69) is 23.9 Å². The topological polar surface area (TPSA) is 28.7 Å². The lowest BCUT2D eigenvalue weighted by atomic mass is 9.80. The number of fused-ring (bicyclic) bond motifs is 1. The zero-order valence-corrected chi connectivity index (χ0v) is 9.79. The first-order valence-electron chi connectivity index (χ1n) is 6.29. The van der Waals surface area contributed by atoms with Crippen LogP contribution in [-0.4, -0.2) is 17.8 Å². The van der Waals surface area contributed by atoms with E-state index in [0.717, 1.165) is 11.6 Å². The third-order valence-corrected chi connectivity index (χ3v) is 3.82. The lowest BCUT2D eigenvalue weighted by molar-refractivity contribution is 0.447. The maximum atomic E-state index is 4.40. The van der Waals surface area contributed by atoms with Crippen molar-refractivity contribution < 1.29 is 0 Å². The summed E-state index contributed by atoms with van der Waals surface area (Å²) in [5.41, 5.74) is 3.91. The third kappa shape index (κ3) is 1.55. The summed E-state index contributed by atoms with van der Waals surface area (Å²) in [5.74, 6) is 0.756. The normalized spacial score (nSPS) is 18.0. The first-order valence-corrected chi connectivity index (χ1v) is 6.29. The molecule has 2 nitrogen and oxygen atoms in total. The van der Waals surface area contributed by atoms with Crippen LogP contribution < -0.4 is 5.59 Å². The summed E-state index contributed by atoms with van der Waals surface area (Å²) in [6, 6.07) is 4.25. The molecule has 0 aromatic carbocycles. The molecular weight excluding hydrogens is 195 g/mol. The molecule has 0 spiro atoms. The molecule has 2 aromatic heterocycles. The molecule has 1 aliphatic rings. The van der Waals surface area contributed by atoms with Gasteiger partial charge in [0.1, 0.15) is 5.65 Å². The van der Waals surface area contributed by atoms with Crippen LogP contribution in [0.4, 0.5) is 0 Å². The van der Waals surface area contributed by atoms with Gasteiger partial charge < -0.3 is 4.98 Å². The van der Waals surface area contributed by atoms with Crippen molar-refractivity contribution in [2.24, 2.45) is 0 Å². The summed E-state index contributed by atoms with van der Waals surface area (Å²) < 4.78 is 0. The smallest absolute Gasteiger partial charge is 0.161 e. The summed E-state index contributed by atoms with van der Waals surface area (Å²) in [6.45, 7) is 0. The lowest BCUT2D eigenvalue weighted by Crippen LogP contribution is -2.15. The predicted octanol–water partition coefficient (Wildman–Crippen LogP) is 1.87. The Hall–Kier alpha value is -1.25. The molecule has 16 heavy (non-hydrogen) atoms. The predicted molar refractivity (Wildman–Crippen MR) is 70.1 cm³/mol. The number of nitrogens with zero attached hydrogens (tertiary/aromatic N) is 1. The highest BCUT2D eigenvalue weighted by molar-refractivity contribution is 6.33. The Bertz CT molecular complexity index is 498. The molecule has 1 N–H and O–H groups in total. The van der Waals surface area contributed by atoms with Crippen LogP contribution >= 0.6 is 0 Å². The second-order valence-electron chi connectivity index (χ2n) is 4.90. The fraction of sp³-hybridized carbons (Fsp3) is 0.462. The van der Waals surface area contributed by atoms with Crippen LogP contribution in [-0.2, 0) is 0 Å². The Morgan fingerprint density at radius 1 is 1.25 bits per heavy atom. The van der Waals surface area contributed by atoms with Crippen molar-refractivity contribution in [3.8, 4) is 0 Å². The van der Waals surface area contributed by atoms with Crippen molar-refractivity contribution in [1.82, 2.24) is 9.97 Å². The first-order chi connectivity index (χ1) is 7.86.